The summed E-state index contributed by atoms with van der Waals surface area (Å²) in [6, 6.07) is 0. The number of Topliss-reactive ketones (excluding diaryl/α,β-unsaturated/α-hetero) is 2. The number of ether oxygens (including phenoxy) is 1. The summed E-state index contributed by atoms with van der Waals surface area (Å²) < 4.78 is 4.36. The number of esters is 1. The summed E-state index contributed by atoms with van der Waals surface area (Å²) in [5.41, 5.74) is 0. The molecular weight excluding hydrogens is 172 g/mol. The molecule has 0 bridgehead atoms. The van der Waals surface area contributed by atoms with Crippen LogP contribution in [0.4, 0.5) is 0 Å². The van der Waals surface area contributed by atoms with Crippen LogP contribution in [0, 0.1) is 11.8 Å². The molecule has 0 heterocycles. The number of hydrogen-bond donors (Lipinski definition) is 0. The Bertz CT molecular complexity index is 230. The van der Waals surface area contributed by atoms with Crippen LogP contribution in [0.3, 0.4) is 0 Å². The lowest BCUT2D eigenvalue weighted by Crippen LogP contribution is -2.34. The molecule has 0 aromatic carbocycles. The van der Waals surface area contributed by atoms with Gasteiger partial charge < -0.3 is 4.74 Å². The van der Waals surface area contributed by atoms with E-state index in [1.54, 1.807) is 13.8 Å². The maximum Gasteiger partial charge on any atom is 0.323 e. The molecule has 0 fully saturated rings. The molecular formula is C9H14O4. The van der Waals surface area contributed by atoms with E-state index in [-0.39, 0.29) is 11.7 Å². The fourth-order valence-corrected chi connectivity index (χ4v) is 0.934. The molecule has 0 aliphatic rings. The normalized spacial score (nSPS) is 12.4. The van der Waals surface area contributed by atoms with E-state index in [9.17, 15) is 14.4 Å². The molecule has 13 heavy (non-hydrogen) atoms. The van der Waals surface area contributed by atoms with Gasteiger partial charge in [-0.1, -0.05) is 13.8 Å². The van der Waals surface area contributed by atoms with Crippen LogP contribution in [0.25, 0.3) is 0 Å². The Morgan fingerprint density at radius 3 is 1.85 bits per heavy atom. The van der Waals surface area contributed by atoms with Gasteiger partial charge in [0, 0.05) is 5.92 Å². The second-order valence-corrected chi connectivity index (χ2v) is 3.12. The maximum absolute atomic E-state index is 11.4. The van der Waals surface area contributed by atoms with E-state index in [1.165, 1.54) is 6.92 Å². The van der Waals surface area contributed by atoms with E-state index in [2.05, 4.69) is 4.74 Å². The van der Waals surface area contributed by atoms with Crippen LogP contribution < -0.4 is 0 Å². The van der Waals surface area contributed by atoms with Crippen molar-refractivity contribution in [2.45, 2.75) is 20.8 Å². The molecule has 0 rings (SSSR count). The first-order valence-electron chi connectivity index (χ1n) is 4.03. The van der Waals surface area contributed by atoms with Gasteiger partial charge in [-0.3, -0.25) is 14.4 Å². The quantitative estimate of drug-likeness (QED) is 0.476. The second kappa shape index (κ2) is 4.74. The molecule has 74 valence electrons. The van der Waals surface area contributed by atoms with E-state index in [1.807, 2.05) is 0 Å². The highest BCUT2D eigenvalue weighted by atomic mass is 16.5. The number of rotatable bonds is 4. The summed E-state index contributed by atoms with van der Waals surface area (Å²) in [7, 11) is 1.16. The number of methoxy groups -OCH3 is 1. The molecule has 1 atom stereocenters. The summed E-state index contributed by atoms with van der Waals surface area (Å²) in [5, 5.41) is 0. The minimum atomic E-state index is -1.25. The molecule has 4 nitrogen and oxygen atoms in total. The molecule has 0 saturated heterocycles. The Hall–Kier alpha value is -1.19. The lowest BCUT2D eigenvalue weighted by atomic mass is 9.92. The highest BCUT2D eigenvalue weighted by molar-refractivity contribution is 6.16. The van der Waals surface area contributed by atoms with Gasteiger partial charge in [0.05, 0.1) is 7.11 Å². The predicted molar refractivity (Wildman–Crippen MR) is 46.0 cm³/mol. The molecule has 0 saturated carbocycles. The van der Waals surface area contributed by atoms with Gasteiger partial charge >= 0.3 is 5.97 Å². The zero-order valence-corrected chi connectivity index (χ0v) is 8.29. The van der Waals surface area contributed by atoms with E-state index < -0.39 is 17.7 Å². The third-order valence-electron chi connectivity index (χ3n) is 1.70. The van der Waals surface area contributed by atoms with Gasteiger partial charge in [0.15, 0.2) is 17.5 Å². The summed E-state index contributed by atoms with van der Waals surface area (Å²) >= 11 is 0. The van der Waals surface area contributed by atoms with Crippen molar-refractivity contribution in [2.75, 3.05) is 7.11 Å². The van der Waals surface area contributed by atoms with E-state index in [4.69, 9.17) is 0 Å². The summed E-state index contributed by atoms with van der Waals surface area (Å²) in [6.07, 6.45) is 0. The van der Waals surface area contributed by atoms with Gasteiger partial charge in [0.2, 0.25) is 0 Å². The van der Waals surface area contributed by atoms with Gasteiger partial charge in [-0.2, -0.15) is 0 Å². The zero-order valence-electron chi connectivity index (χ0n) is 8.29. The van der Waals surface area contributed by atoms with Crippen molar-refractivity contribution in [1.82, 2.24) is 0 Å². The summed E-state index contributed by atoms with van der Waals surface area (Å²) in [6.45, 7) is 4.49. The van der Waals surface area contributed by atoms with Crippen LogP contribution in [-0.4, -0.2) is 24.6 Å². The number of ketones is 2. The summed E-state index contributed by atoms with van der Waals surface area (Å²) in [5.74, 6) is -3.21. The highest BCUT2D eigenvalue weighted by Gasteiger charge is 2.33. The topological polar surface area (TPSA) is 60.4 Å². The average Bonchev–Trinajstić information content (AvgIpc) is 2.03. The standard InChI is InChI=1S/C9H14O4/c1-5(2)8(11)7(6(3)10)9(12)13-4/h5,7H,1-4H3. The lowest BCUT2D eigenvalue weighted by molar-refractivity contribution is -0.153. The lowest BCUT2D eigenvalue weighted by Gasteiger charge is -2.11. The fourth-order valence-electron chi connectivity index (χ4n) is 0.934. The Balaban J connectivity index is 4.72. The molecule has 1 unspecified atom stereocenters. The third kappa shape index (κ3) is 2.97. The van der Waals surface area contributed by atoms with Crippen LogP contribution in [0.2, 0.25) is 0 Å². The number of hydrogen-bond acceptors (Lipinski definition) is 4. The monoisotopic (exact) mass is 186 g/mol. The van der Waals surface area contributed by atoms with Crippen molar-refractivity contribution >= 4 is 17.5 Å². The van der Waals surface area contributed by atoms with Crippen molar-refractivity contribution in [2.24, 2.45) is 11.8 Å². The minimum Gasteiger partial charge on any atom is -0.468 e. The number of carbonyl (C=O) groups is 3. The van der Waals surface area contributed by atoms with Crippen LogP contribution in [-0.2, 0) is 19.1 Å². The fraction of sp³-hybridized carbons (Fsp3) is 0.667. The SMILES string of the molecule is COC(=O)C(C(C)=O)C(=O)C(C)C. The Morgan fingerprint density at radius 1 is 1.15 bits per heavy atom. The van der Waals surface area contributed by atoms with E-state index in [0.717, 1.165) is 7.11 Å². The van der Waals surface area contributed by atoms with Gasteiger partial charge in [0.25, 0.3) is 0 Å². The van der Waals surface area contributed by atoms with Gasteiger partial charge in [-0.15, -0.1) is 0 Å². The van der Waals surface area contributed by atoms with Crippen LogP contribution >= 0.6 is 0 Å². The zero-order chi connectivity index (χ0) is 10.6. The first-order valence-corrected chi connectivity index (χ1v) is 4.03. The molecule has 4 heteroatoms. The van der Waals surface area contributed by atoms with Gasteiger partial charge in [-0.05, 0) is 6.92 Å². The molecule has 0 amide bonds. The Labute approximate surface area is 77.3 Å². The Morgan fingerprint density at radius 2 is 1.62 bits per heavy atom. The first-order chi connectivity index (χ1) is 5.91. The minimum absolute atomic E-state index is 0.340. The average molecular weight is 186 g/mol. The smallest absolute Gasteiger partial charge is 0.323 e. The number of carbonyl (C=O) groups excluding carboxylic acids is 3. The summed E-state index contributed by atoms with van der Waals surface area (Å²) in [4.78, 5) is 33.4. The molecule has 0 aliphatic heterocycles. The second-order valence-electron chi connectivity index (χ2n) is 3.12. The first kappa shape index (κ1) is 11.8. The van der Waals surface area contributed by atoms with Gasteiger partial charge in [-0.25, -0.2) is 0 Å². The molecule has 0 aromatic rings. The van der Waals surface area contributed by atoms with Crippen LogP contribution in [0.15, 0.2) is 0 Å². The van der Waals surface area contributed by atoms with Crippen molar-refractivity contribution in [3.63, 3.8) is 0 Å². The van der Waals surface area contributed by atoms with Crippen molar-refractivity contribution < 1.29 is 19.1 Å². The predicted octanol–water partition coefficient (Wildman–Crippen LogP) is 0.590. The molecule has 0 aliphatic carbocycles. The highest BCUT2D eigenvalue weighted by Crippen LogP contribution is 2.09. The van der Waals surface area contributed by atoms with E-state index >= 15 is 0 Å². The molecule has 0 N–H and O–H groups in total. The van der Waals surface area contributed by atoms with Crippen molar-refractivity contribution in [3.8, 4) is 0 Å². The molecule has 0 radical (unpaired) electrons. The molecule has 0 aromatic heterocycles. The van der Waals surface area contributed by atoms with Crippen LogP contribution in [0.1, 0.15) is 20.8 Å². The third-order valence-corrected chi connectivity index (χ3v) is 1.70. The maximum atomic E-state index is 11.4. The van der Waals surface area contributed by atoms with Crippen LogP contribution in [0.5, 0.6) is 0 Å². The van der Waals surface area contributed by atoms with Crippen molar-refractivity contribution in [1.29, 1.82) is 0 Å². The van der Waals surface area contributed by atoms with Crippen molar-refractivity contribution in [3.05, 3.63) is 0 Å². The molecule has 0 spiro atoms. The van der Waals surface area contributed by atoms with Gasteiger partial charge in [0.1, 0.15) is 0 Å². The Kier molecular flexibility index (Phi) is 4.31. The largest absolute Gasteiger partial charge is 0.468 e. The van der Waals surface area contributed by atoms with E-state index in [0.29, 0.717) is 0 Å².